The van der Waals surface area contributed by atoms with Crippen LogP contribution in [-0.2, 0) is 32.7 Å². The van der Waals surface area contributed by atoms with Crippen molar-refractivity contribution in [3.63, 3.8) is 0 Å². The van der Waals surface area contributed by atoms with E-state index in [-0.39, 0.29) is 32.7 Å². The van der Waals surface area contributed by atoms with Gasteiger partial charge in [0.15, 0.2) is 0 Å². The van der Waals surface area contributed by atoms with Crippen molar-refractivity contribution in [2.45, 2.75) is 39.7 Å². The molecule has 0 aromatic rings. The van der Waals surface area contributed by atoms with Crippen LogP contribution in [0.5, 0.6) is 0 Å². The van der Waals surface area contributed by atoms with E-state index in [1.54, 1.807) is 0 Å². The van der Waals surface area contributed by atoms with Gasteiger partial charge in [0.1, 0.15) is 0 Å². The van der Waals surface area contributed by atoms with Crippen LogP contribution in [0.2, 0.25) is 0 Å². The smallest absolute Gasteiger partial charge is 0.0108 e. The van der Waals surface area contributed by atoms with E-state index in [2.05, 4.69) is 63.0 Å². The topological polar surface area (TPSA) is 9.72 Å². The van der Waals surface area contributed by atoms with E-state index in [1.807, 2.05) is 0 Å². The molecule has 0 aliphatic rings. The summed E-state index contributed by atoms with van der Waals surface area (Å²) in [4.78, 5) is 7.28. The molecule has 1 radical (unpaired) electrons. The van der Waals surface area contributed by atoms with Crippen LogP contribution in [0.3, 0.4) is 0 Å². The minimum Gasteiger partial charge on any atom is -0.330 e. The van der Waals surface area contributed by atoms with E-state index in [4.69, 9.17) is 0 Å². The van der Waals surface area contributed by atoms with E-state index < -0.39 is 0 Å². The Morgan fingerprint density at radius 3 is 2.00 bits per heavy atom. The average Bonchev–Trinajstić information content (AvgIpc) is 2.31. The molecule has 0 aliphatic heterocycles. The molecular weight excluding hydrogens is 311 g/mol. The molecule has 0 unspecified atom stereocenters. The van der Waals surface area contributed by atoms with Gasteiger partial charge in [-0.25, -0.2) is 0 Å². The summed E-state index contributed by atoms with van der Waals surface area (Å²) >= 11 is 0. The fourth-order valence-electron chi connectivity index (χ4n) is 1.79. The molecule has 0 bridgehead atoms. The zero-order valence-corrected chi connectivity index (χ0v) is 16.9. The third kappa shape index (κ3) is 13.7. The Morgan fingerprint density at radius 2 is 1.53 bits per heavy atom. The Hall–Kier alpha value is 0.984. The summed E-state index contributed by atoms with van der Waals surface area (Å²) in [6.07, 6.45) is 4.74. The minimum atomic E-state index is 0. The third-order valence-electron chi connectivity index (χ3n) is 3.46. The molecule has 0 spiro atoms. The van der Waals surface area contributed by atoms with Gasteiger partial charge in [0, 0.05) is 51.8 Å². The van der Waals surface area contributed by atoms with Crippen LogP contribution in [-0.4, -0.2) is 74.6 Å². The molecule has 0 aromatic carbocycles. The van der Waals surface area contributed by atoms with Crippen molar-refractivity contribution in [3.05, 3.63) is 6.42 Å². The normalized spacial score (nSPS) is 11.7. The van der Waals surface area contributed by atoms with E-state index in [9.17, 15) is 0 Å². The minimum absolute atomic E-state index is 0. The maximum Gasteiger partial charge on any atom is 0.0108 e. The molecule has 0 atom stereocenters. The van der Waals surface area contributed by atoms with Crippen molar-refractivity contribution in [1.82, 2.24) is 14.7 Å². The molecule has 0 fully saturated rings. The molecular formula is C15H34N3Y-. The second kappa shape index (κ2) is 13.9. The van der Waals surface area contributed by atoms with Crippen LogP contribution in [0.15, 0.2) is 0 Å². The van der Waals surface area contributed by atoms with Gasteiger partial charge < -0.3 is 21.1 Å². The molecule has 113 valence electrons. The molecule has 0 rings (SSSR count). The molecule has 0 aromatic heterocycles. The predicted molar refractivity (Wildman–Crippen MR) is 82.0 cm³/mol. The summed E-state index contributed by atoms with van der Waals surface area (Å²) in [7, 11) is 6.52. The molecule has 0 saturated heterocycles. The Kier molecular flexibility index (Phi) is 16.3. The molecule has 0 amide bonds. The van der Waals surface area contributed by atoms with Crippen molar-refractivity contribution in [2.24, 2.45) is 0 Å². The Morgan fingerprint density at radius 1 is 0.895 bits per heavy atom. The Balaban J connectivity index is 0. The van der Waals surface area contributed by atoms with E-state index in [0.29, 0.717) is 6.04 Å². The summed E-state index contributed by atoms with van der Waals surface area (Å²) in [6.45, 7) is 12.6. The van der Waals surface area contributed by atoms with Crippen LogP contribution in [0.1, 0.15) is 33.6 Å². The van der Waals surface area contributed by atoms with Gasteiger partial charge >= 0.3 is 0 Å². The van der Waals surface area contributed by atoms with Gasteiger partial charge in [-0.15, -0.1) is 0 Å². The number of hydrogen-bond donors (Lipinski definition) is 0. The number of rotatable bonds is 11. The van der Waals surface area contributed by atoms with Crippen molar-refractivity contribution in [1.29, 1.82) is 0 Å². The van der Waals surface area contributed by atoms with Crippen molar-refractivity contribution < 1.29 is 32.7 Å². The third-order valence-corrected chi connectivity index (χ3v) is 3.46. The summed E-state index contributed by atoms with van der Waals surface area (Å²) in [5.41, 5.74) is 0. The standard InChI is InChI=1S/C15H34N3.Y/c1-7-8-11-18(14-13-16(4)5)12-9-10-17(6)15(2)3;/h7,15H,8-14H2,1-6H3;/q-1;. The first-order valence-electron chi connectivity index (χ1n) is 7.32. The van der Waals surface area contributed by atoms with Crippen LogP contribution in [0, 0.1) is 6.42 Å². The predicted octanol–water partition coefficient (Wildman–Crippen LogP) is 2.19. The fourth-order valence-corrected chi connectivity index (χ4v) is 1.79. The van der Waals surface area contributed by atoms with Gasteiger partial charge in [-0.2, -0.15) is 13.3 Å². The molecule has 0 aliphatic carbocycles. The number of hydrogen-bond acceptors (Lipinski definition) is 3. The average molecular weight is 345 g/mol. The summed E-state index contributed by atoms with van der Waals surface area (Å²) < 4.78 is 0. The molecule has 0 saturated carbocycles. The van der Waals surface area contributed by atoms with E-state index >= 15 is 0 Å². The second-order valence-corrected chi connectivity index (χ2v) is 5.77. The van der Waals surface area contributed by atoms with Gasteiger partial charge in [0.25, 0.3) is 0 Å². The SMILES string of the molecule is C[CH-]CCN(CCCN(C)C(C)C)CCN(C)C.[Y]. The maximum absolute atomic E-state index is 2.59. The summed E-state index contributed by atoms with van der Waals surface area (Å²) in [6, 6.07) is 0.657. The quantitative estimate of drug-likeness (QED) is 0.532. The van der Waals surface area contributed by atoms with Crippen LogP contribution < -0.4 is 0 Å². The molecule has 19 heavy (non-hydrogen) atoms. The van der Waals surface area contributed by atoms with Gasteiger partial charge in [-0.3, -0.25) is 0 Å². The zero-order chi connectivity index (χ0) is 14.0. The van der Waals surface area contributed by atoms with Gasteiger partial charge in [0.2, 0.25) is 0 Å². The van der Waals surface area contributed by atoms with Crippen LogP contribution in [0.25, 0.3) is 0 Å². The van der Waals surface area contributed by atoms with Crippen molar-refractivity contribution in [2.75, 3.05) is 53.9 Å². The maximum atomic E-state index is 2.59. The molecule has 0 heterocycles. The molecule has 0 N–H and O–H groups in total. The zero-order valence-electron chi connectivity index (χ0n) is 14.0. The largest absolute Gasteiger partial charge is 0.330 e. The van der Waals surface area contributed by atoms with Crippen molar-refractivity contribution in [3.8, 4) is 0 Å². The van der Waals surface area contributed by atoms with Crippen LogP contribution >= 0.6 is 0 Å². The first-order chi connectivity index (χ1) is 8.47. The van der Waals surface area contributed by atoms with Crippen LogP contribution in [0.4, 0.5) is 0 Å². The van der Waals surface area contributed by atoms with Crippen molar-refractivity contribution >= 4 is 0 Å². The number of unbranched alkanes of at least 4 members (excludes halogenated alkanes) is 1. The summed E-state index contributed by atoms with van der Waals surface area (Å²) in [5, 5.41) is 0. The number of nitrogens with zero attached hydrogens (tertiary/aromatic N) is 3. The second-order valence-electron chi connectivity index (χ2n) is 5.77. The van der Waals surface area contributed by atoms with E-state index in [1.165, 1.54) is 39.0 Å². The number of likely N-dealkylation sites (N-methyl/N-ethyl adjacent to an activating group) is 1. The first kappa shape index (κ1) is 22.3. The Labute approximate surface area is 147 Å². The summed E-state index contributed by atoms with van der Waals surface area (Å²) in [5.74, 6) is 0. The van der Waals surface area contributed by atoms with E-state index in [0.717, 1.165) is 6.54 Å². The van der Waals surface area contributed by atoms with Gasteiger partial charge in [-0.1, -0.05) is 0 Å². The molecule has 3 nitrogen and oxygen atoms in total. The molecule has 4 heteroatoms. The van der Waals surface area contributed by atoms with Gasteiger partial charge in [-0.05, 0) is 61.0 Å². The fraction of sp³-hybridized carbons (Fsp3) is 0.933. The monoisotopic (exact) mass is 345 g/mol. The van der Waals surface area contributed by atoms with Gasteiger partial charge in [0.05, 0.1) is 0 Å². The Bertz CT molecular complexity index is 186. The first-order valence-corrected chi connectivity index (χ1v) is 7.32.